The van der Waals surface area contributed by atoms with Gasteiger partial charge in [-0.15, -0.1) is 0 Å². The van der Waals surface area contributed by atoms with E-state index in [1.54, 1.807) is 19.1 Å². The molecular formula is C14H12BrFN2O2S. The van der Waals surface area contributed by atoms with Gasteiger partial charge >= 0.3 is 0 Å². The molecule has 110 valence electrons. The van der Waals surface area contributed by atoms with Crippen LogP contribution in [0.3, 0.4) is 0 Å². The predicted octanol–water partition coefficient (Wildman–Crippen LogP) is 3.35. The Balaban J connectivity index is 2.03. The molecule has 0 unspecified atom stereocenters. The summed E-state index contributed by atoms with van der Waals surface area (Å²) in [6, 6.07) is 5.73. The number of aryl methyl sites for hydroxylation is 1. The number of ketones is 1. The first kappa shape index (κ1) is 15.8. The molecule has 0 bridgehead atoms. The summed E-state index contributed by atoms with van der Waals surface area (Å²) in [6.07, 6.45) is 0.126. The van der Waals surface area contributed by atoms with Crippen LogP contribution in [0, 0.1) is 12.7 Å². The molecule has 0 saturated heterocycles. The number of thiazole rings is 1. The summed E-state index contributed by atoms with van der Waals surface area (Å²) < 4.78 is 12.8. The van der Waals surface area contributed by atoms with Crippen LogP contribution in [0.15, 0.2) is 24.3 Å². The molecule has 0 aliphatic rings. The molecule has 2 aromatic rings. The number of halogens is 2. The Kier molecular flexibility index (Phi) is 5.19. The number of carbonyl (C=O) groups excluding carboxylic acids is 2. The van der Waals surface area contributed by atoms with Crippen LogP contribution in [0.4, 0.5) is 9.52 Å². The van der Waals surface area contributed by atoms with Crippen molar-refractivity contribution < 1.29 is 14.0 Å². The molecule has 0 aliphatic carbocycles. The van der Waals surface area contributed by atoms with Gasteiger partial charge in [-0.05, 0) is 24.6 Å². The zero-order valence-electron chi connectivity index (χ0n) is 11.2. The van der Waals surface area contributed by atoms with E-state index in [-0.39, 0.29) is 29.3 Å². The molecule has 21 heavy (non-hydrogen) atoms. The SMILES string of the molecule is Cc1nc(NC(=O)Cc2ccc(F)cc2)sc1C(=O)CBr. The summed E-state index contributed by atoms with van der Waals surface area (Å²) >= 11 is 4.26. The second-order valence-electron chi connectivity index (χ2n) is 4.34. The summed E-state index contributed by atoms with van der Waals surface area (Å²) in [5.74, 6) is -0.662. The van der Waals surface area contributed by atoms with Gasteiger partial charge < -0.3 is 5.32 Å². The van der Waals surface area contributed by atoms with Gasteiger partial charge in [-0.2, -0.15) is 0 Å². The number of nitrogens with zero attached hydrogens (tertiary/aromatic N) is 1. The Labute approximate surface area is 133 Å². The molecule has 0 aliphatic heterocycles. The highest BCUT2D eigenvalue weighted by Gasteiger charge is 2.15. The Morgan fingerprint density at radius 1 is 1.33 bits per heavy atom. The van der Waals surface area contributed by atoms with Crippen molar-refractivity contribution in [3.63, 3.8) is 0 Å². The molecule has 1 aromatic heterocycles. The average Bonchev–Trinajstić information content (AvgIpc) is 2.81. The second-order valence-corrected chi connectivity index (χ2v) is 5.90. The van der Waals surface area contributed by atoms with Gasteiger partial charge in [0.15, 0.2) is 10.9 Å². The Hall–Kier alpha value is -1.60. The third-order valence-electron chi connectivity index (χ3n) is 2.70. The van der Waals surface area contributed by atoms with Crippen LogP contribution in [-0.2, 0) is 11.2 Å². The average molecular weight is 371 g/mol. The first-order valence-electron chi connectivity index (χ1n) is 6.10. The molecule has 0 radical (unpaired) electrons. The summed E-state index contributed by atoms with van der Waals surface area (Å²) in [6.45, 7) is 1.72. The number of hydrogen-bond acceptors (Lipinski definition) is 4. The van der Waals surface area contributed by atoms with Crippen LogP contribution in [0.5, 0.6) is 0 Å². The van der Waals surface area contributed by atoms with Crippen molar-refractivity contribution in [1.29, 1.82) is 0 Å². The van der Waals surface area contributed by atoms with E-state index in [0.29, 0.717) is 21.3 Å². The fourth-order valence-corrected chi connectivity index (χ4v) is 3.11. The van der Waals surface area contributed by atoms with Crippen molar-refractivity contribution in [2.45, 2.75) is 13.3 Å². The van der Waals surface area contributed by atoms with Crippen molar-refractivity contribution in [3.8, 4) is 0 Å². The zero-order valence-corrected chi connectivity index (χ0v) is 13.6. The monoisotopic (exact) mass is 370 g/mol. The third kappa shape index (κ3) is 4.18. The number of anilines is 1. The smallest absolute Gasteiger partial charge is 0.230 e. The van der Waals surface area contributed by atoms with Gasteiger partial charge in [0.1, 0.15) is 5.82 Å². The van der Waals surface area contributed by atoms with Crippen molar-refractivity contribution >= 4 is 44.1 Å². The normalized spacial score (nSPS) is 10.4. The number of aromatic nitrogens is 1. The number of rotatable bonds is 5. The number of carbonyl (C=O) groups is 2. The fourth-order valence-electron chi connectivity index (χ4n) is 1.72. The van der Waals surface area contributed by atoms with Gasteiger partial charge in [0, 0.05) is 0 Å². The molecule has 4 nitrogen and oxygen atoms in total. The highest BCUT2D eigenvalue weighted by atomic mass is 79.9. The van der Waals surface area contributed by atoms with Gasteiger partial charge in [0.2, 0.25) is 5.91 Å². The lowest BCUT2D eigenvalue weighted by Gasteiger charge is -2.01. The van der Waals surface area contributed by atoms with Gasteiger partial charge in [-0.1, -0.05) is 39.4 Å². The maximum Gasteiger partial charge on any atom is 0.230 e. The molecule has 0 saturated carbocycles. The summed E-state index contributed by atoms with van der Waals surface area (Å²) in [5.41, 5.74) is 1.31. The number of benzene rings is 1. The topological polar surface area (TPSA) is 59.1 Å². The molecular weight excluding hydrogens is 359 g/mol. The summed E-state index contributed by atoms with van der Waals surface area (Å²) in [7, 11) is 0. The van der Waals surface area contributed by atoms with Crippen LogP contribution in [0.1, 0.15) is 20.9 Å². The predicted molar refractivity (Wildman–Crippen MR) is 83.7 cm³/mol. The summed E-state index contributed by atoms with van der Waals surface area (Å²) in [4.78, 5) is 28.2. The van der Waals surface area contributed by atoms with E-state index in [9.17, 15) is 14.0 Å². The van der Waals surface area contributed by atoms with Gasteiger partial charge in [0.25, 0.3) is 0 Å². The second kappa shape index (κ2) is 6.91. The number of amides is 1. The van der Waals surface area contributed by atoms with Gasteiger partial charge in [0.05, 0.1) is 22.3 Å². The number of alkyl halides is 1. The minimum Gasteiger partial charge on any atom is -0.302 e. The molecule has 0 atom stereocenters. The molecule has 1 heterocycles. The first-order valence-corrected chi connectivity index (χ1v) is 8.04. The number of Topliss-reactive ketones (excluding diaryl/α,β-unsaturated/α-hetero) is 1. The van der Waals surface area contributed by atoms with Crippen LogP contribution in [0.25, 0.3) is 0 Å². The van der Waals surface area contributed by atoms with Crippen molar-refractivity contribution in [3.05, 3.63) is 46.2 Å². The Morgan fingerprint density at radius 3 is 2.62 bits per heavy atom. The van der Waals surface area contributed by atoms with E-state index < -0.39 is 0 Å². The Morgan fingerprint density at radius 2 is 2.00 bits per heavy atom. The number of nitrogens with one attached hydrogen (secondary N) is 1. The largest absolute Gasteiger partial charge is 0.302 e. The lowest BCUT2D eigenvalue weighted by atomic mass is 10.1. The van der Waals surface area contributed by atoms with Crippen molar-refractivity contribution in [2.24, 2.45) is 0 Å². The molecule has 0 spiro atoms. The van der Waals surface area contributed by atoms with Crippen LogP contribution < -0.4 is 5.32 Å². The molecule has 7 heteroatoms. The molecule has 1 aromatic carbocycles. The van der Waals surface area contributed by atoms with Crippen LogP contribution in [0.2, 0.25) is 0 Å². The van der Waals surface area contributed by atoms with Crippen LogP contribution in [-0.4, -0.2) is 22.0 Å². The molecule has 1 amide bonds. The van der Waals surface area contributed by atoms with Crippen LogP contribution >= 0.6 is 27.3 Å². The summed E-state index contributed by atoms with van der Waals surface area (Å²) in [5, 5.41) is 3.27. The minimum atomic E-state index is -0.340. The maximum absolute atomic E-state index is 12.8. The lowest BCUT2D eigenvalue weighted by Crippen LogP contribution is -2.14. The highest BCUT2D eigenvalue weighted by Crippen LogP contribution is 2.23. The van der Waals surface area contributed by atoms with E-state index in [0.717, 1.165) is 11.3 Å². The van der Waals surface area contributed by atoms with Crippen molar-refractivity contribution in [2.75, 3.05) is 10.6 Å². The first-order chi connectivity index (χ1) is 9.99. The van der Waals surface area contributed by atoms with E-state index in [2.05, 4.69) is 26.2 Å². The van der Waals surface area contributed by atoms with E-state index in [4.69, 9.17) is 0 Å². The zero-order chi connectivity index (χ0) is 15.4. The standard InChI is InChI=1S/C14H12BrFN2O2S/c1-8-13(11(19)7-15)21-14(17-8)18-12(20)6-9-2-4-10(16)5-3-9/h2-5H,6-7H2,1H3,(H,17,18,20). The van der Waals surface area contributed by atoms with Crippen molar-refractivity contribution in [1.82, 2.24) is 4.98 Å². The maximum atomic E-state index is 12.8. The Bertz CT molecular complexity index is 670. The lowest BCUT2D eigenvalue weighted by molar-refractivity contribution is -0.115. The van der Waals surface area contributed by atoms with E-state index >= 15 is 0 Å². The molecule has 0 fully saturated rings. The molecule has 1 N–H and O–H groups in total. The van der Waals surface area contributed by atoms with E-state index in [1.807, 2.05) is 0 Å². The third-order valence-corrected chi connectivity index (χ3v) is 4.32. The quantitative estimate of drug-likeness (QED) is 0.648. The van der Waals surface area contributed by atoms with Gasteiger partial charge in [-0.25, -0.2) is 9.37 Å². The minimum absolute atomic E-state index is 0.0657. The van der Waals surface area contributed by atoms with E-state index in [1.165, 1.54) is 12.1 Å². The fraction of sp³-hybridized carbons (Fsp3) is 0.214. The molecule has 2 rings (SSSR count). The van der Waals surface area contributed by atoms with Gasteiger partial charge in [-0.3, -0.25) is 9.59 Å². The number of hydrogen-bond donors (Lipinski definition) is 1. The highest BCUT2D eigenvalue weighted by molar-refractivity contribution is 9.09.